The Bertz CT molecular complexity index is 241. The van der Waals surface area contributed by atoms with Crippen molar-refractivity contribution in [3.05, 3.63) is 0 Å². The number of nitriles is 2. The van der Waals surface area contributed by atoms with Crippen molar-refractivity contribution in [1.29, 1.82) is 10.5 Å². The van der Waals surface area contributed by atoms with Crippen LogP contribution in [-0.2, 0) is 0 Å². The van der Waals surface area contributed by atoms with Crippen molar-refractivity contribution in [2.24, 2.45) is 0 Å². The fourth-order valence-corrected chi connectivity index (χ4v) is 4.05. The third-order valence-electron chi connectivity index (χ3n) is 3.37. The Morgan fingerprint density at radius 3 is 0.950 bits per heavy atom. The van der Waals surface area contributed by atoms with Gasteiger partial charge in [-0.2, -0.15) is 0 Å². The predicted octanol–water partition coefficient (Wildman–Crippen LogP) is 4.87. The minimum atomic E-state index is 0.246. The molecule has 0 aliphatic carbocycles. The minimum absolute atomic E-state index is 0.246. The molecule has 0 aliphatic rings. The summed E-state index contributed by atoms with van der Waals surface area (Å²) < 4.78 is 0. The summed E-state index contributed by atoms with van der Waals surface area (Å²) in [4.78, 5) is 4.53. The summed E-state index contributed by atoms with van der Waals surface area (Å²) in [5.74, 6) is 0. The molecule has 0 fully saturated rings. The van der Waals surface area contributed by atoms with E-state index in [1.165, 1.54) is 77.0 Å². The van der Waals surface area contributed by atoms with Gasteiger partial charge in [-0.1, -0.05) is 0 Å². The molecule has 0 saturated carbocycles. The zero-order valence-corrected chi connectivity index (χ0v) is 16.0. The first-order valence-electron chi connectivity index (χ1n) is 7.93. The Morgan fingerprint density at radius 1 is 0.450 bits per heavy atom. The predicted molar refractivity (Wildman–Crippen MR) is 87.8 cm³/mol. The number of hydrogen-bond acceptors (Lipinski definition) is 2. The van der Waals surface area contributed by atoms with Crippen LogP contribution in [0, 0.1) is 20.5 Å². The van der Waals surface area contributed by atoms with Crippen molar-refractivity contribution >= 4 is 29.9 Å². The van der Waals surface area contributed by atoms with Crippen LogP contribution >= 0.6 is 0 Å². The van der Waals surface area contributed by atoms with Gasteiger partial charge >= 0.3 is 138 Å². The molecule has 0 bridgehead atoms. The molecule has 20 heavy (non-hydrogen) atoms. The van der Waals surface area contributed by atoms with Crippen molar-refractivity contribution < 1.29 is 0 Å². The molecule has 0 rings (SSSR count). The zero-order valence-electron chi connectivity index (χ0n) is 12.6. The van der Waals surface area contributed by atoms with Gasteiger partial charge in [-0.15, -0.1) is 0 Å². The van der Waals surface area contributed by atoms with E-state index in [0.29, 0.717) is 0 Å². The van der Waals surface area contributed by atoms with Gasteiger partial charge in [0, 0.05) is 0 Å². The monoisotopic (exact) mass is 408 g/mol. The number of unbranched alkanes of at least 4 members (excludes halogenated alkanes) is 11. The van der Waals surface area contributed by atoms with E-state index < -0.39 is 0 Å². The molecule has 0 atom stereocenters. The first-order chi connectivity index (χ1) is 9.91. The van der Waals surface area contributed by atoms with Crippen LogP contribution in [0.4, 0.5) is 0 Å². The van der Waals surface area contributed by atoms with E-state index in [1.54, 1.807) is 0 Å². The Balaban J connectivity index is 2.93. The van der Waals surface area contributed by atoms with Gasteiger partial charge in [-0.25, -0.2) is 0 Å². The molecule has 0 amide bonds. The molecule has 0 radical (unpaired) electrons. The van der Waals surface area contributed by atoms with Crippen molar-refractivity contribution in [3.63, 3.8) is 0 Å². The molecular formula is C16H28N2Se2. The van der Waals surface area contributed by atoms with E-state index >= 15 is 0 Å². The summed E-state index contributed by atoms with van der Waals surface area (Å²) >= 11 is 0.491. The van der Waals surface area contributed by atoms with Crippen LogP contribution in [0.15, 0.2) is 0 Å². The van der Waals surface area contributed by atoms with E-state index in [1.807, 2.05) is 0 Å². The molecule has 0 spiro atoms. The van der Waals surface area contributed by atoms with Crippen molar-refractivity contribution in [1.82, 2.24) is 0 Å². The quantitative estimate of drug-likeness (QED) is 0.288. The third kappa shape index (κ3) is 18.0. The molecule has 4 heteroatoms. The SMILES string of the molecule is N#C[Se]CCCCCCCCCCCCCC[Se]C#N. The van der Waals surface area contributed by atoms with E-state index in [0.717, 1.165) is 10.6 Å². The van der Waals surface area contributed by atoms with Crippen LogP contribution in [-0.4, -0.2) is 29.9 Å². The topological polar surface area (TPSA) is 47.6 Å². The molecule has 0 aromatic carbocycles. The van der Waals surface area contributed by atoms with Crippen molar-refractivity contribution in [2.75, 3.05) is 0 Å². The van der Waals surface area contributed by atoms with Crippen LogP contribution in [0.5, 0.6) is 0 Å². The van der Waals surface area contributed by atoms with Gasteiger partial charge in [0.05, 0.1) is 0 Å². The van der Waals surface area contributed by atoms with Crippen LogP contribution in [0.25, 0.3) is 0 Å². The molecule has 0 saturated heterocycles. The summed E-state index contributed by atoms with van der Waals surface area (Å²) in [5, 5.41) is 19.2. The van der Waals surface area contributed by atoms with Crippen LogP contribution in [0.3, 0.4) is 0 Å². The Morgan fingerprint density at radius 2 is 0.700 bits per heavy atom. The Labute approximate surface area is 138 Å². The van der Waals surface area contributed by atoms with Crippen molar-refractivity contribution in [2.45, 2.75) is 87.7 Å². The van der Waals surface area contributed by atoms with E-state index in [2.05, 4.69) is 9.94 Å². The van der Waals surface area contributed by atoms with Crippen LogP contribution < -0.4 is 0 Å². The Kier molecular flexibility index (Phi) is 19.0. The summed E-state index contributed by atoms with van der Waals surface area (Å²) in [7, 11) is 0. The van der Waals surface area contributed by atoms with E-state index in [-0.39, 0.29) is 29.9 Å². The first kappa shape index (κ1) is 20.0. The number of rotatable bonds is 15. The molecule has 0 aliphatic heterocycles. The van der Waals surface area contributed by atoms with Crippen LogP contribution in [0.1, 0.15) is 77.0 Å². The maximum atomic E-state index is 8.45. The fourth-order valence-electron chi connectivity index (χ4n) is 2.21. The van der Waals surface area contributed by atoms with Gasteiger partial charge in [0.15, 0.2) is 0 Å². The van der Waals surface area contributed by atoms with Gasteiger partial charge < -0.3 is 0 Å². The summed E-state index contributed by atoms with van der Waals surface area (Å²) in [6.45, 7) is 0. The molecule has 0 aromatic rings. The second-order valence-electron chi connectivity index (χ2n) is 5.12. The number of hydrogen-bond donors (Lipinski definition) is 0. The molecule has 114 valence electrons. The molecule has 0 heterocycles. The molecule has 0 unspecified atom stereocenters. The molecule has 2 nitrogen and oxygen atoms in total. The molecule has 0 aromatic heterocycles. The standard InChI is InChI=1S/C16H28N2Se2/c17-15-19-13-11-9-7-5-3-1-2-4-6-8-10-12-14-20-16-18/h1-14H2. The van der Waals surface area contributed by atoms with Gasteiger partial charge in [0.2, 0.25) is 0 Å². The summed E-state index contributed by atoms with van der Waals surface area (Å²) in [6.07, 6.45) is 16.3. The summed E-state index contributed by atoms with van der Waals surface area (Å²) in [5.41, 5.74) is 0. The van der Waals surface area contributed by atoms with Gasteiger partial charge in [0.25, 0.3) is 0 Å². The average molecular weight is 406 g/mol. The Hall–Kier alpha value is 0.0190. The van der Waals surface area contributed by atoms with E-state index in [9.17, 15) is 0 Å². The van der Waals surface area contributed by atoms with Gasteiger partial charge in [-0.05, 0) is 0 Å². The molecular weight excluding hydrogens is 378 g/mol. The fraction of sp³-hybridized carbons (Fsp3) is 0.875. The number of nitrogens with zero attached hydrogens (tertiary/aromatic N) is 2. The zero-order chi connectivity index (χ0) is 14.7. The summed E-state index contributed by atoms with van der Waals surface area (Å²) in [6, 6.07) is 0. The van der Waals surface area contributed by atoms with Gasteiger partial charge in [0.1, 0.15) is 0 Å². The maximum absolute atomic E-state index is 8.45. The molecule has 0 N–H and O–H groups in total. The first-order valence-corrected chi connectivity index (χ1v) is 12.1. The van der Waals surface area contributed by atoms with Crippen molar-refractivity contribution in [3.8, 4) is 9.94 Å². The second kappa shape index (κ2) is 19.0. The van der Waals surface area contributed by atoms with Gasteiger partial charge in [-0.3, -0.25) is 0 Å². The normalized spacial score (nSPS) is 10.1. The van der Waals surface area contributed by atoms with E-state index in [4.69, 9.17) is 10.5 Å². The average Bonchev–Trinajstić information content (AvgIpc) is 2.47. The third-order valence-corrected chi connectivity index (χ3v) is 5.98. The van der Waals surface area contributed by atoms with Crippen LogP contribution in [0.2, 0.25) is 10.6 Å². The second-order valence-corrected chi connectivity index (χ2v) is 8.81.